The molecule has 1 N–H and O–H groups in total. The summed E-state index contributed by atoms with van der Waals surface area (Å²) >= 11 is 6.45. The van der Waals surface area contributed by atoms with E-state index >= 15 is 0 Å². The molecule has 0 saturated carbocycles. The number of rotatable bonds is 7. The van der Waals surface area contributed by atoms with E-state index in [1.807, 2.05) is 31.2 Å². The van der Waals surface area contributed by atoms with Crippen LogP contribution >= 0.6 is 24.0 Å². The zero-order chi connectivity index (χ0) is 21.7. The van der Waals surface area contributed by atoms with Gasteiger partial charge < -0.3 is 10.1 Å². The summed E-state index contributed by atoms with van der Waals surface area (Å²) in [6, 6.07) is 13.9. The lowest BCUT2D eigenvalue weighted by molar-refractivity contribution is -0.126. The van der Waals surface area contributed by atoms with E-state index in [-0.39, 0.29) is 24.1 Å². The van der Waals surface area contributed by atoms with Crippen molar-refractivity contribution in [1.29, 1.82) is 0 Å². The highest BCUT2D eigenvalue weighted by Gasteiger charge is 2.33. The van der Waals surface area contributed by atoms with E-state index in [0.29, 0.717) is 27.1 Å². The molecule has 1 heterocycles. The number of hydrogen-bond acceptors (Lipinski definition) is 6. The number of nitrogens with zero attached hydrogens (tertiary/aromatic N) is 1. The predicted molar refractivity (Wildman–Crippen MR) is 123 cm³/mol. The Morgan fingerprint density at radius 1 is 1.13 bits per heavy atom. The van der Waals surface area contributed by atoms with Gasteiger partial charge in [-0.25, -0.2) is 0 Å². The fraction of sp³-hybridized carbons (Fsp3) is 0.182. The maximum absolute atomic E-state index is 12.7. The molecule has 6 nitrogen and oxygen atoms in total. The lowest BCUT2D eigenvalue weighted by atomic mass is 10.1. The second-order valence-corrected chi connectivity index (χ2v) is 8.13. The van der Waals surface area contributed by atoms with Gasteiger partial charge in [-0.1, -0.05) is 36.1 Å². The summed E-state index contributed by atoms with van der Waals surface area (Å²) in [7, 11) is 0. The molecule has 2 aromatic rings. The van der Waals surface area contributed by atoms with Crippen LogP contribution in [0.1, 0.15) is 29.8 Å². The normalized spacial score (nSPS) is 14.9. The van der Waals surface area contributed by atoms with Gasteiger partial charge in [0.2, 0.25) is 5.91 Å². The van der Waals surface area contributed by atoms with Crippen molar-refractivity contribution in [3.8, 4) is 5.75 Å². The van der Waals surface area contributed by atoms with Crippen LogP contribution in [0.25, 0.3) is 6.08 Å². The molecule has 0 radical (unpaired) electrons. The van der Waals surface area contributed by atoms with Crippen molar-refractivity contribution in [2.24, 2.45) is 0 Å². The third kappa shape index (κ3) is 5.34. The van der Waals surface area contributed by atoms with Crippen LogP contribution in [0.5, 0.6) is 5.75 Å². The first-order valence-electron chi connectivity index (χ1n) is 9.26. The molecule has 2 amide bonds. The van der Waals surface area contributed by atoms with Gasteiger partial charge in [-0.2, -0.15) is 0 Å². The monoisotopic (exact) mass is 440 g/mol. The minimum absolute atomic E-state index is 0.0511. The van der Waals surface area contributed by atoms with Crippen LogP contribution in [-0.2, 0) is 9.59 Å². The van der Waals surface area contributed by atoms with Gasteiger partial charge in [0.05, 0.1) is 11.5 Å². The van der Waals surface area contributed by atoms with Gasteiger partial charge in [0.1, 0.15) is 16.6 Å². The minimum Gasteiger partial charge on any atom is -0.494 e. The molecule has 0 bridgehead atoms. The fourth-order valence-electron chi connectivity index (χ4n) is 2.75. The zero-order valence-electron chi connectivity index (χ0n) is 16.5. The Morgan fingerprint density at radius 2 is 1.80 bits per heavy atom. The second kappa shape index (κ2) is 9.69. The summed E-state index contributed by atoms with van der Waals surface area (Å²) in [6.07, 6.45) is 1.74. The molecule has 154 valence electrons. The van der Waals surface area contributed by atoms with E-state index in [1.165, 1.54) is 11.8 Å². The summed E-state index contributed by atoms with van der Waals surface area (Å²) in [4.78, 5) is 38.1. The Morgan fingerprint density at radius 3 is 2.40 bits per heavy atom. The number of thioether (sulfide) groups is 1. The maximum atomic E-state index is 12.7. The molecule has 1 aliphatic rings. The summed E-state index contributed by atoms with van der Waals surface area (Å²) < 4.78 is 5.75. The number of ketones is 1. The van der Waals surface area contributed by atoms with E-state index in [4.69, 9.17) is 17.0 Å². The first kappa shape index (κ1) is 21.7. The lowest BCUT2D eigenvalue weighted by Gasteiger charge is -2.14. The van der Waals surface area contributed by atoms with Crippen molar-refractivity contribution < 1.29 is 19.1 Å². The third-order valence-corrected chi connectivity index (χ3v) is 5.62. The molecular formula is C22H20N2O4S2. The number of thiocarbonyl (C=S) groups is 1. The smallest absolute Gasteiger partial charge is 0.266 e. The van der Waals surface area contributed by atoms with E-state index in [2.05, 4.69) is 5.32 Å². The van der Waals surface area contributed by atoms with Crippen LogP contribution in [0.15, 0.2) is 53.4 Å². The SMILES string of the molecule is CCOc1ccc(C=C2SC(=S)N(CC(=O)Nc3ccc(C(C)=O)cc3)C2=O)cc1. The van der Waals surface area contributed by atoms with E-state index in [0.717, 1.165) is 23.1 Å². The molecule has 3 rings (SSSR count). The fourth-order valence-corrected chi connectivity index (χ4v) is 4.00. The summed E-state index contributed by atoms with van der Waals surface area (Å²) in [5.41, 5.74) is 1.94. The average Bonchev–Trinajstić information content (AvgIpc) is 2.97. The molecule has 2 aromatic carbocycles. The first-order chi connectivity index (χ1) is 14.4. The van der Waals surface area contributed by atoms with Crippen LogP contribution in [0, 0.1) is 0 Å². The minimum atomic E-state index is -0.371. The van der Waals surface area contributed by atoms with Crippen molar-refractivity contribution in [2.75, 3.05) is 18.5 Å². The topological polar surface area (TPSA) is 75.7 Å². The van der Waals surface area contributed by atoms with Crippen molar-refractivity contribution in [3.05, 3.63) is 64.6 Å². The Bertz CT molecular complexity index is 1010. The van der Waals surface area contributed by atoms with Gasteiger partial charge in [0.15, 0.2) is 5.78 Å². The molecule has 1 aliphatic heterocycles. The van der Waals surface area contributed by atoms with Gasteiger partial charge >= 0.3 is 0 Å². The van der Waals surface area contributed by atoms with Gasteiger partial charge in [0.25, 0.3) is 5.91 Å². The average molecular weight is 441 g/mol. The Hall–Kier alpha value is -2.97. The van der Waals surface area contributed by atoms with E-state index < -0.39 is 0 Å². The quantitative estimate of drug-likeness (QED) is 0.396. The first-order valence-corrected chi connectivity index (χ1v) is 10.5. The van der Waals surface area contributed by atoms with Crippen LogP contribution in [0.3, 0.4) is 0 Å². The van der Waals surface area contributed by atoms with Gasteiger partial charge in [-0.05, 0) is 61.9 Å². The Balaban J connectivity index is 1.64. The molecule has 0 aromatic heterocycles. The number of anilines is 1. The number of carbonyl (C=O) groups excluding carboxylic acids is 3. The van der Waals surface area contributed by atoms with Gasteiger partial charge in [0, 0.05) is 11.3 Å². The number of nitrogens with one attached hydrogen (secondary N) is 1. The third-order valence-electron chi connectivity index (χ3n) is 4.24. The number of amides is 2. The van der Waals surface area contributed by atoms with E-state index in [9.17, 15) is 14.4 Å². The molecule has 0 spiro atoms. The Kier molecular flexibility index (Phi) is 7.02. The lowest BCUT2D eigenvalue weighted by Crippen LogP contribution is -2.36. The maximum Gasteiger partial charge on any atom is 0.266 e. The standard InChI is InChI=1S/C22H20N2O4S2/c1-3-28-18-10-4-15(5-11-18)12-19-21(27)24(22(29)30-19)13-20(26)23-17-8-6-16(7-9-17)14(2)25/h4-12H,3,13H2,1-2H3,(H,23,26). The van der Waals surface area contributed by atoms with Crippen molar-refractivity contribution in [1.82, 2.24) is 4.90 Å². The van der Waals surface area contributed by atoms with Gasteiger partial charge in [-0.15, -0.1) is 0 Å². The van der Waals surface area contributed by atoms with Crippen LogP contribution < -0.4 is 10.1 Å². The van der Waals surface area contributed by atoms with Crippen LogP contribution in [-0.4, -0.2) is 40.0 Å². The number of benzene rings is 2. The van der Waals surface area contributed by atoms with E-state index in [1.54, 1.807) is 30.3 Å². The van der Waals surface area contributed by atoms with Crippen LogP contribution in [0.2, 0.25) is 0 Å². The molecule has 0 atom stereocenters. The number of hydrogen-bond donors (Lipinski definition) is 1. The Labute approximate surface area is 184 Å². The molecular weight excluding hydrogens is 420 g/mol. The second-order valence-electron chi connectivity index (χ2n) is 6.45. The largest absolute Gasteiger partial charge is 0.494 e. The highest BCUT2D eigenvalue weighted by atomic mass is 32.2. The number of ether oxygens (including phenoxy) is 1. The highest BCUT2D eigenvalue weighted by Crippen LogP contribution is 2.32. The molecule has 0 unspecified atom stereocenters. The van der Waals surface area contributed by atoms with Crippen molar-refractivity contribution in [3.63, 3.8) is 0 Å². The molecule has 8 heteroatoms. The van der Waals surface area contributed by atoms with Crippen molar-refractivity contribution in [2.45, 2.75) is 13.8 Å². The van der Waals surface area contributed by atoms with Gasteiger partial charge in [-0.3, -0.25) is 19.3 Å². The molecule has 30 heavy (non-hydrogen) atoms. The summed E-state index contributed by atoms with van der Waals surface area (Å²) in [6.45, 7) is 3.79. The number of Topliss-reactive ketones (excluding diaryl/α,β-unsaturated/α-hetero) is 1. The number of carbonyl (C=O) groups is 3. The summed E-state index contributed by atoms with van der Waals surface area (Å²) in [5, 5.41) is 2.71. The highest BCUT2D eigenvalue weighted by molar-refractivity contribution is 8.26. The van der Waals surface area contributed by atoms with Crippen LogP contribution in [0.4, 0.5) is 5.69 Å². The zero-order valence-corrected chi connectivity index (χ0v) is 18.1. The predicted octanol–water partition coefficient (Wildman–Crippen LogP) is 4.13. The van der Waals surface area contributed by atoms with Crippen molar-refractivity contribution >= 4 is 57.7 Å². The molecule has 0 aliphatic carbocycles. The summed E-state index contributed by atoms with van der Waals surface area (Å²) in [5.74, 6) is 0.0325. The molecule has 1 fully saturated rings. The molecule has 1 saturated heterocycles.